The lowest BCUT2D eigenvalue weighted by Gasteiger charge is -2.09. The minimum absolute atomic E-state index is 0.0252. The van der Waals surface area contributed by atoms with Crippen LogP contribution in [0.25, 0.3) is 11.8 Å². The smallest absolute Gasteiger partial charge is 0.387 e. The number of ether oxygens (including phenoxy) is 2. The molecule has 0 unspecified atom stereocenters. The van der Waals surface area contributed by atoms with Crippen molar-refractivity contribution in [2.45, 2.75) is 13.5 Å². The van der Waals surface area contributed by atoms with Gasteiger partial charge >= 0.3 is 12.6 Å². The summed E-state index contributed by atoms with van der Waals surface area (Å²) in [6.07, 6.45) is 1.53. The van der Waals surface area contributed by atoms with Crippen LogP contribution in [0.1, 0.15) is 21.7 Å². The summed E-state index contributed by atoms with van der Waals surface area (Å²) in [6, 6.07) is 14.0. The SMILES string of the molecule is Cc1nnnn1/C(=C\c1ccccc1)C(=O)OCC(=O)c1ccc(OC(F)F)cc1. The number of nitrogens with zero attached hydrogens (tertiary/aromatic N) is 4. The van der Waals surface area contributed by atoms with E-state index in [0.29, 0.717) is 11.4 Å². The van der Waals surface area contributed by atoms with Gasteiger partial charge in [-0.25, -0.2) is 4.79 Å². The third kappa shape index (κ3) is 5.31. The topological polar surface area (TPSA) is 96.2 Å². The highest BCUT2D eigenvalue weighted by atomic mass is 19.3. The molecule has 0 aliphatic carbocycles. The van der Waals surface area contributed by atoms with Crippen LogP contribution in [0, 0.1) is 6.92 Å². The molecule has 30 heavy (non-hydrogen) atoms. The van der Waals surface area contributed by atoms with E-state index in [-0.39, 0.29) is 17.0 Å². The van der Waals surface area contributed by atoms with Crippen LogP contribution < -0.4 is 4.74 Å². The maximum absolute atomic E-state index is 12.6. The van der Waals surface area contributed by atoms with E-state index in [9.17, 15) is 18.4 Å². The zero-order valence-electron chi connectivity index (χ0n) is 15.7. The number of hydrogen-bond donors (Lipinski definition) is 0. The van der Waals surface area contributed by atoms with Gasteiger partial charge in [0.05, 0.1) is 0 Å². The average Bonchev–Trinajstić information content (AvgIpc) is 3.16. The van der Waals surface area contributed by atoms with Crippen LogP contribution in [0.3, 0.4) is 0 Å². The van der Waals surface area contributed by atoms with Gasteiger partial charge in [-0.1, -0.05) is 30.3 Å². The number of rotatable bonds is 8. The summed E-state index contributed by atoms with van der Waals surface area (Å²) >= 11 is 0. The van der Waals surface area contributed by atoms with Crippen LogP contribution in [-0.2, 0) is 9.53 Å². The molecule has 3 aromatic rings. The molecule has 0 amide bonds. The first-order valence-electron chi connectivity index (χ1n) is 8.71. The van der Waals surface area contributed by atoms with E-state index < -0.39 is 25.0 Å². The zero-order valence-corrected chi connectivity index (χ0v) is 15.7. The van der Waals surface area contributed by atoms with Crippen molar-refractivity contribution in [2.75, 3.05) is 6.61 Å². The van der Waals surface area contributed by atoms with Crippen molar-refractivity contribution in [3.05, 3.63) is 71.5 Å². The summed E-state index contributed by atoms with van der Waals surface area (Å²) in [7, 11) is 0. The van der Waals surface area contributed by atoms with Crippen LogP contribution >= 0.6 is 0 Å². The molecule has 0 saturated carbocycles. The zero-order chi connectivity index (χ0) is 21.5. The number of hydrogen-bond acceptors (Lipinski definition) is 7. The van der Waals surface area contributed by atoms with E-state index in [1.54, 1.807) is 31.2 Å². The minimum atomic E-state index is -2.96. The van der Waals surface area contributed by atoms with Gasteiger partial charge in [-0.3, -0.25) is 4.79 Å². The van der Waals surface area contributed by atoms with Crippen LogP contribution in [0.2, 0.25) is 0 Å². The van der Waals surface area contributed by atoms with Crippen LogP contribution in [0.15, 0.2) is 54.6 Å². The number of aromatic nitrogens is 4. The number of esters is 1. The van der Waals surface area contributed by atoms with Crippen molar-refractivity contribution in [2.24, 2.45) is 0 Å². The molecule has 8 nitrogen and oxygen atoms in total. The Morgan fingerprint density at radius 1 is 1.10 bits per heavy atom. The average molecular weight is 414 g/mol. The van der Waals surface area contributed by atoms with Gasteiger partial charge < -0.3 is 9.47 Å². The second kappa shape index (κ2) is 9.50. The molecule has 0 saturated heterocycles. The van der Waals surface area contributed by atoms with Crippen LogP contribution in [-0.4, -0.2) is 45.2 Å². The molecule has 0 bridgehead atoms. The normalized spacial score (nSPS) is 11.4. The molecular weight excluding hydrogens is 398 g/mol. The van der Waals surface area contributed by atoms with Crippen molar-refractivity contribution in [1.82, 2.24) is 20.2 Å². The molecule has 0 aliphatic rings. The summed E-state index contributed by atoms with van der Waals surface area (Å²) in [5.74, 6) is -1.05. The predicted octanol–water partition coefficient (Wildman–Crippen LogP) is 3.01. The molecule has 0 spiro atoms. The lowest BCUT2D eigenvalue weighted by molar-refractivity contribution is -0.136. The Bertz CT molecular complexity index is 1050. The van der Waals surface area contributed by atoms with Crippen molar-refractivity contribution in [3.8, 4) is 5.75 Å². The van der Waals surface area contributed by atoms with E-state index in [1.807, 2.05) is 6.07 Å². The predicted molar refractivity (Wildman–Crippen MR) is 102 cm³/mol. The van der Waals surface area contributed by atoms with Gasteiger partial charge in [0, 0.05) is 5.56 Å². The Morgan fingerprint density at radius 2 is 1.80 bits per heavy atom. The highest BCUT2D eigenvalue weighted by molar-refractivity contribution is 6.16. The lowest BCUT2D eigenvalue weighted by Crippen LogP contribution is -2.19. The fourth-order valence-electron chi connectivity index (χ4n) is 2.48. The molecule has 0 N–H and O–H groups in total. The van der Waals surface area contributed by atoms with Crippen molar-refractivity contribution >= 4 is 23.5 Å². The minimum Gasteiger partial charge on any atom is -0.453 e. The molecule has 10 heteroatoms. The number of carbonyl (C=O) groups excluding carboxylic acids is 2. The first-order chi connectivity index (χ1) is 14.4. The fraction of sp³-hybridized carbons (Fsp3) is 0.150. The summed E-state index contributed by atoms with van der Waals surface area (Å²) in [6.45, 7) is -1.90. The third-order valence-electron chi connectivity index (χ3n) is 3.90. The number of alkyl halides is 2. The largest absolute Gasteiger partial charge is 0.453 e. The van der Waals surface area contributed by atoms with Gasteiger partial charge in [-0.15, -0.1) is 5.10 Å². The standard InChI is InChI=1S/C20H16F2N4O4/c1-13-23-24-25-26(13)17(11-14-5-3-2-4-6-14)19(28)29-12-18(27)15-7-9-16(10-8-15)30-20(21)22/h2-11,20H,12H2,1H3/b17-11-. The van der Waals surface area contributed by atoms with E-state index in [1.165, 1.54) is 35.0 Å². The van der Waals surface area contributed by atoms with Gasteiger partial charge in [-0.2, -0.15) is 13.5 Å². The molecule has 0 fully saturated rings. The highest BCUT2D eigenvalue weighted by Gasteiger charge is 2.19. The summed E-state index contributed by atoms with van der Waals surface area (Å²) in [5.41, 5.74) is 0.911. The van der Waals surface area contributed by atoms with E-state index in [4.69, 9.17) is 4.74 Å². The Labute approximate surface area is 169 Å². The number of benzene rings is 2. The third-order valence-corrected chi connectivity index (χ3v) is 3.90. The second-order valence-corrected chi connectivity index (χ2v) is 5.98. The number of aryl methyl sites for hydroxylation is 1. The Balaban J connectivity index is 1.72. The molecule has 0 aliphatic heterocycles. The van der Waals surface area contributed by atoms with Gasteiger partial charge in [0.15, 0.2) is 23.9 Å². The van der Waals surface area contributed by atoms with E-state index in [0.717, 1.165) is 0 Å². The summed E-state index contributed by atoms with van der Waals surface area (Å²) in [4.78, 5) is 24.9. The molecule has 1 heterocycles. The quantitative estimate of drug-likeness (QED) is 0.318. The lowest BCUT2D eigenvalue weighted by atomic mass is 10.1. The number of carbonyl (C=O) groups is 2. The van der Waals surface area contributed by atoms with Crippen molar-refractivity contribution in [1.29, 1.82) is 0 Å². The molecule has 0 atom stereocenters. The van der Waals surface area contributed by atoms with E-state index >= 15 is 0 Å². The number of Topliss-reactive ketones (excluding diaryl/α,β-unsaturated/α-hetero) is 1. The highest BCUT2D eigenvalue weighted by Crippen LogP contribution is 2.16. The van der Waals surface area contributed by atoms with E-state index in [2.05, 4.69) is 20.3 Å². The molecule has 0 radical (unpaired) electrons. The Hall–Kier alpha value is -3.95. The molecule has 1 aromatic heterocycles. The molecule has 3 rings (SSSR count). The number of halogens is 2. The summed E-state index contributed by atoms with van der Waals surface area (Å²) < 4.78 is 35.0. The van der Waals surface area contributed by atoms with Crippen molar-refractivity contribution in [3.63, 3.8) is 0 Å². The molecule has 2 aromatic carbocycles. The molecular formula is C20H16F2N4O4. The molecule has 154 valence electrons. The van der Waals surface area contributed by atoms with Crippen molar-refractivity contribution < 1.29 is 27.8 Å². The monoisotopic (exact) mass is 414 g/mol. The van der Waals surface area contributed by atoms with Crippen LogP contribution in [0.5, 0.6) is 5.75 Å². The first kappa shape index (κ1) is 20.8. The maximum Gasteiger partial charge on any atom is 0.387 e. The van der Waals surface area contributed by atoms with Gasteiger partial charge in [0.1, 0.15) is 5.75 Å². The van der Waals surface area contributed by atoms with Gasteiger partial charge in [0.25, 0.3) is 0 Å². The van der Waals surface area contributed by atoms with Crippen LogP contribution in [0.4, 0.5) is 8.78 Å². The Morgan fingerprint density at radius 3 is 2.40 bits per heavy atom. The first-order valence-corrected chi connectivity index (χ1v) is 8.71. The Kier molecular flexibility index (Phi) is 6.58. The maximum atomic E-state index is 12.6. The summed E-state index contributed by atoms with van der Waals surface area (Å²) in [5, 5.41) is 11.1. The fourth-order valence-corrected chi connectivity index (χ4v) is 2.48. The number of ketones is 1. The number of tetrazole rings is 1. The van der Waals surface area contributed by atoms with Gasteiger partial charge in [-0.05, 0) is 53.3 Å². The second-order valence-electron chi connectivity index (χ2n) is 5.98. The van der Waals surface area contributed by atoms with Gasteiger partial charge in [0.2, 0.25) is 0 Å².